The summed E-state index contributed by atoms with van der Waals surface area (Å²) in [6.07, 6.45) is 68.2. The highest BCUT2D eigenvalue weighted by atomic mass is 16.6. The smallest absolute Gasteiger partial charge is 0.306 e. The molecule has 0 aromatic carbocycles. The molecule has 0 aliphatic rings. The monoisotopic (exact) mass is 889 g/mol. The van der Waals surface area contributed by atoms with E-state index in [0.717, 1.165) is 116 Å². The van der Waals surface area contributed by atoms with Gasteiger partial charge in [-0.3, -0.25) is 14.4 Å². The zero-order valence-corrected chi connectivity index (χ0v) is 41.5. The molecule has 0 aliphatic heterocycles. The predicted octanol–water partition coefficient (Wildman–Crippen LogP) is 17.4. The zero-order chi connectivity index (χ0) is 46.5. The summed E-state index contributed by atoms with van der Waals surface area (Å²) in [5, 5.41) is 0. The molecule has 1 atom stereocenters. The summed E-state index contributed by atoms with van der Waals surface area (Å²) >= 11 is 0. The number of rotatable bonds is 46. The molecule has 0 spiro atoms. The maximum Gasteiger partial charge on any atom is 0.306 e. The summed E-state index contributed by atoms with van der Waals surface area (Å²) in [4.78, 5) is 38.0. The van der Waals surface area contributed by atoms with E-state index in [4.69, 9.17) is 14.2 Å². The second-order valence-electron chi connectivity index (χ2n) is 17.0. The van der Waals surface area contributed by atoms with Crippen molar-refractivity contribution in [1.29, 1.82) is 0 Å². The van der Waals surface area contributed by atoms with Gasteiger partial charge in [-0.2, -0.15) is 0 Å². The molecule has 0 amide bonds. The molecule has 0 bridgehead atoms. The Morgan fingerprint density at radius 2 is 0.625 bits per heavy atom. The lowest BCUT2D eigenvalue weighted by atomic mass is 10.1. The van der Waals surface area contributed by atoms with Gasteiger partial charge in [-0.05, 0) is 116 Å². The van der Waals surface area contributed by atoms with Crippen LogP contribution in [0.5, 0.6) is 0 Å². The molecule has 0 unspecified atom stereocenters. The van der Waals surface area contributed by atoms with E-state index < -0.39 is 6.10 Å². The molecule has 0 saturated carbocycles. The van der Waals surface area contributed by atoms with Gasteiger partial charge in [0.15, 0.2) is 6.10 Å². The fourth-order valence-electron chi connectivity index (χ4n) is 6.85. The third kappa shape index (κ3) is 49.3. The number of hydrogen-bond acceptors (Lipinski definition) is 6. The Morgan fingerprint density at radius 3 is 1.06 bits per heavy atom. The molecule has 6 heteroatoms. The Kier molecular flexibility index (Phi) is 49.0. The van der Waals surface area contributed by atoms with Gasteiger partial charge in [-0.15, -0.1) is 0 Å². The highest BCUT2D eigenvalue weighted by Crippen LogP contribution is 2.13. The average molecular weight is 889 g/mol. The van der Waals surface area contributed by atoms with Gasteiger partial charge in [-0.25, -0.2) is 0 Å². The standard InChI is InChI=1S/C58H96O6/c1-4-7-10-13-16-19-22-25-28-29-31-33-36-39-42-45-48-51-57(60)63-54-55(53-62-56(59)50-47-44-41-38-35-32-27-24-21-18-15-12-9-6-3)64-58(61)52-49-46-43-40-37-34-30-26-23-20-17-14-11-8-5-2/h8,11,16-17,19-20,24-28,30-31,33,39,42,55H,4-7,9-10,12-15,18,21-23,29,32,34-38,40-41,43-54H2,1-3H3/b11-8-,19-16-,20-17-,27-24-,28-25-,30-26-,33-31-,42-39-/t55-/m1/s1. The number of carbonyl (C=O) groups excluding carboxylic acids is 3. The van der Waals surface area contributed by atoms with E-state index in [1.807, 2.05) is 0 Å². The van der Waals surface area contributed by atoms with Crippen LogP contribution >= 0.6 is 0 Å². The maximum absolute atomic E-state index is 12.8. The van der Waals surface area contributed by atoms with E-state index in [-0.39, 0.29) is 37.5 Å². The molecule has 64 heavy (non-hydrogen) atoms. The largest absolute Gasteiger partial charge is 0.462 e. The molecule has 0 radical (unpaired) electrons. The lowest BCUT2D eigenvalue weighted by Crippen LogP contribution is -2.30. The zero-order valence-electron chi connectivity index (χ0n) is 41.5. The van der Waals surface area contributed by atoms with Crippen LogP contribution in [0.25, 0.3) is 0 Å². The molecule has 364 valence electrons. The van der Waals surface area contributed by atoms with Crippen LogP contribution in [0.2, 0.25) is 0 Å². The molecule has 0 saturated heterocycles. The van der Waals surface area contributed by atoms with E-state index in [2.05, 4.69) is 118 Å². The van der Waals surface area contributed by atoms with Gasteiger partial charge in [-0.1, -0.05) is 195 Å². The van der Waals surface area contributed by atoms with Gasteiger partial charge >= 0.3 is 17.9 Å². The highest BCUT2D eigenvalue weighted by molar-refractivity contribution is 5.71. The molecular weight excluding hydrogens is 793 g/mol. The first kappa shape index (κ1) is 60.3. The van der Waals surface area contributed by atoms with Crippen LogP contribution in [-0.2, 0) is 28.6 Å². The van der Waals surface area contributed by atoms with Crippen molar-refractivity contribution in [3.05, 3.63) is 97.2 Å². The van der Waals surface area contributed by atoms with Crippen LogP contribution < -0.4 is 0 Å². The molecule has 0 N–H and O–H groups in total. The Balaban J connectivity index is 4.52. The molecule has 0 fully saturated rings. The number of allylic oxidation sites excluding steroid dienone is 16. The average Bonchev–Trinajstić information content (AvgIpc) is 3.29. The molecule has 0 rings (SSSR count). The lowest BCUT2D eigenvalue weighted by Gasteiger charge is -2.18. The number of ether oxygens (including phenoxy) is 3. The minimum atomic E-state index is -0.812. The molecule has 0 aromatic heterocycles. The van der Waals surface area contributed by atoms with Gasteiger partial charge in [0, 0.05) is 19.3 Å². The first-order chi connectivity index (χ1) is 31.5. The number of hydrogen-bond donors (Lipinski definition) is 0. The van der Waals surface area contributed by atoms with Crippen LogP contribution in [0, 0.1) is 0 Å². The van der Waals surface area contributed by atoms with Crippen molar-refractivity contribution < 1.29 is 28.6 Å². The van der Waals surface area contributed by atoms with Crippen molar-refractivity contribution in [3.63, 3.8) is 0 Å². The Morgan fingerprint density at radius 1 is 0.328 bits per heavy atom. The van der Waals surface area contributed by atoms with E-state index in [0.29, 0.717) is 19.3 Å². The molecule has 0 aliphatic carbocycles. The van der Waals surface area contributed by atoms with Crippen molar-refractivity contribution in [2.24, 2.45) is 0 Å². The molecule has 6 nitrogen and oxygen atoms in total. The second-order valence-corrected chi connectivity index (χ2v) is 17.0. The number of carbonyl (C=O) groups is 3. The maximum atomic E-state index is 12.8. The fraction of sp³-hybridized carbons (Fsp3) is 0.672. The minimum absolute atomic E-state index is 0.107. The highest BCUT2D eigenvalue weighted by Gasteiger charge is 2.19. The van der Waals surface area contributed by atoms with Gasteiger partial charge < -0.3 is 14.2 Å². The van der Waals surface area contributed by atoms with E-state index in [9.17, 15) is 14.4 Å². The van der Waals surface area contributed by atoms with Gasteiger partial charge in [0.25, 0.3) is 0 Å². The quantitative estimate of drug-likeness (QED) is 0.0262. The summed E-state index contributed by atoms with van der Waals surface area (Å²) in [5.41, 5.74) is 0. The van der Waals surface area contributed by atoms with Crippen molar-refractivity contribution in [1.82, 2.24) is 0 Å². The van der Waals surface area contributed by atoms with E-state index >= 15 is 0 Å². The van der Waals surface area contributed by atoms with Crippen molar-refractivity contribution in [2.75, 3.05) is 13.2 Å². The third-order valence-electron chi connectivity index (χ3n) is 10.8. The molecule has 0 heterocycles. The lowest BCUT2D eigenvalue weighted by molar-refractivity contribution is -0.167. The summed E-state index contributed by atoms with van der Waals surface area (Å²) < 4.78 is 16.7. The van der Waals surface area contributed by atoms with Crippen LogP contribution in [0.4, 0.5) is 0 Å². The van der Waals surface area contributed by atoms with Crippen molar-refractivity contribution in [2.45, 2.75) is 239 Å². The van der Waals surface area contributed by atoms with Crippen LogP contribution in [0.1, 0.15) is 233 Å². The topological polar surface area (TPSA) is 78.9 Å². The van der Waals surface area contributed by atoms with E-state index in [1.54, 1.807) is 0 Å². The summed E-state index contributed by atoms with van der Waals surface area (Å²) in [6.45, 7) is 6.41. The van der Waals surface area contributed by atoms with Gasteiger partial charge in [0.1, 0.15) is 13.2 Å². The summed E-state index contributed by atoms with van der Waals surface area (Å²) in [7, 11) is 0. The third-order valence-corrected chi connectivity index (χ3v) is 10.8. The van der Waals surface area contributed by atoms with Gasteiger partial charge in [0.2, 0.25) is 0 Å². The van der Waals surface area contributed by atoms with Crippen molar-refractivity contribution in [3.8, 4) is 0 Å². The summed E-state index contributed by atoms with van der Waals surface area (Å²) in [6, 6.07) is 0. The molecular formula is C58H96O6. The van der Waals surface area contributed by atoms with Crippen LogP contribution in [-0.4, -0.2) is 37.2 Å². The van der Waals surface area contributed by atoms with Crippen molar-refractivity contribution >= 4 is 17.9 Å². The Bertz CT molecular complexity index is 1300. The normalized spacial score (nSPS) is 12.9. The Hall–Kier alpha value is -3.67. The van der Waals surface area contributed by atoms with Crippen LogP contribution in [0.3, 0.4) is 0 Å². The van der Waals surface area contributed by atoms with E-state index in [1.165, 1.54) is 70.6 Å². The summed E-state index contributed by atoms with van der Waals surface area (Å²) in [5.74, 6) is -0.993. The molecule has 0 aromatic rings. The first-order valence-corrected chi connectivity index (χ1v) is 26.2. The SMILES string of the molecule is CC/C=C\C/C=C\C/C=C\CCCCCCCC(=O)O[C@@H](COC(=O)CCC/C=C\C/C=C\C/C=C\C/C=C\CCCCC)COC(=O)CCCCCCC/C=C\CCCCCCC. The van der Waals surface area contributed by atoms with Crippen LogP contribution in [0.15, 0.2) is 97.2 Å². The predicted molar refractivity (Wildman–Crippen MR) is 274 cm³/mol. The first-order valence-electron chi connectivity index (χ1n) is 26.2. The fourth-order valence-corrected chi connectivity index (χ4v) is 6.85. The van der Waals surface area contributed by atoms with Gasteiger partial charge in [0.05, 0.1) is 0 Å². The minimum Gasteiger partial charge on any atom is -0.462 e. The number of unbranched alkanes of at least 4 members (excludes halogenated alkanes) is 19. The Labute approximate surface area is 394 Å². The number of esters is 3. The second kappa shape index (κ2) is 52.0.